The molecular weight excluding hydrogens is 346 g/mol. The number of carbonyl (C=O) groups excluding carboxylic acids is 1. The summed E-state index contributed by atoms with van der Waals surface area (Å²) >= 11 is 3.17. The Bertz CT molecular complexity index is 693. The number of β-lactam (4-membered cyclic amide) rings is 1. The molecule has 24 heavy (non-hydrogen) atoms. The average Bonchev–Trinajstić information content (AvgIpc) is 2.56. The van der Waals surface area contributed by atoms with E-state index in [1.807, 2.05) is 12.3 Å². The third-order valence-corrected chi connectivity index (χ3v) is 6.37. The maximum absolute atomic E-state index is 11.8. The molecule has 1 atom stereocenters. The number of aliphatic carboxylic acids is 1. The van der Waals surface area contributed by atoms with E-state index in [9.17, 15) is 14.7 Å². The van der Waals surface area contributed by atoms with Gasteiger partial charge in [0.05, 0.1) is 0 Å². The van der Waals surface area contributed by atoms with Crippen molar-refractivity contribution in [3.05, 3.63) is 34.6 Å². The predicted molar refractivity (Wildman–Crippen MR) is 94.5 cm³/mol. The lowest BCUT2D eigenvalue weighted by molar-refractivity contribution is -0.150. The zero-order valence-electron chi connectivity index (χ0n) is 13.1. The number of nitrogens with two attached hydrogens (primary N) is 1. The number of amides is 1. The highest BCUT2D eigenvalue weighted by molar-refractivity contribution is 8.03. The van der Waals surface area contributed by atoms with E-state index in [4.69, 9.17) is 5.73 Å². The standard InChI is InChI=1S/C16H19N3O3S2/c17-4-6-23-9-10-8-18-5-3-12(10)24-13-2-1-11-7-14(20)19(11)15(13)16(21)22/h3,5,8,11H,1-2,4,6-7,9,17H2,(H,21,22). The lowest BCUT2D eigenvalue weighted by Gasteiger charge is -2.44. The number of carboxylic acid groups (broad SMARTS) is 1. The van der Waals surface area contributed by atoms with Crippen molar-refractivity contribution in [2.45, 2.75) is 36.0 Å². The number of pyridine rings is 1. The monoisotopic (exact) mass is 365 g/mol. The highest BCUT2D eigenvalue weighted by Gasteiger charge is 2.44. The smallest absolute Gasteiger partial charge is 0.353 e. The molecule has 1 aromatic heterocycles. The molecule has 1 saturated heterocycles. The second kappa shape index (κ2) is 7.58. The Hall–Kier alpha value is -1.51. The molecule has 6 nitrogen and oxygen atoms in total. The van der Waals surface area contributed by atoms with Gasteiger partial charge >= 0.3 is 5.97 Å². The van der Waals surface area contributed by atoms with Crippen molar-refractivity contribution < 1.29 is 14.7 Å². The number of nitrogens with zero attached hydrogens (tertiary/aromatic N) is 2. The Balaban J connectivity index is 1.85. The summed E-state index contributed by atoms with van der Waals surface area (Å²) in [5.41, 5.74) is 6.75. The van der Waals surface area contributed by atoms with Crippen LogP contribution in [0, 0.1) is 0 Å². The van der Waals surface area contributed by atoms with Crippen molar-refractivity contribution in [3.8, 4) is 0 Å². The molecule has 3 N–H and O–H groups in total. The SMILES string of the molecule is NCCSCc1cnccc1SC1=C(C(=O)O)N2C(=O)CC2CC1. The lowest BCUT2D eigenvalue weighted by Crippen LogP contribution is -2.55. The van der Waals surface area contributed by atoms with Gasteiger partial charge in [-0.15, -0.1) is 0 Å². The van der Waals surface area contributed by atoms with Gasteiger partial charge in [-0.1, -0.05) is 11.8 Å². The van der Waals surface area contributed by atoms with Gasteiger partial charge in [-0.25, -0.2) is 4.79 Å². The summed E-state index contributed by atoms with van der Waals surface area (Å²) in [5.74, 6) is 0.535. The van der Waals surface area contributed by atoms with Gasteiger partial charge in [0.2, 0.25) is 5.91 Å². The first-order valence-corrected chi connectivity index (χ1v) is 9.76. The average molecular weight is 365 g/mol. The van der Waals surface area contributed by atoms with E-state index >= 15 is 0 Å². The quantitative estimate of drug-likeness (QED) is 0.564. The Labute approximate surface area is 148 Å². The number of thioether (sulfide) groups is 2. The molecule has 0 aliphatic carbocycles. The first-order valence-electron chi connectivity index (χ1n) is 7.79. The van der Waals surface area contributed by atoms with Gasteiger partial charge in [0.1, 0.15) is 5.70 Å². The fraction of sp³-hybridized carbons (Fsp3) is 0.438. The Morgan fingerprint density at radius 2 is 2.33 bits per heavy atom. The van der Waals surface area contributed by atoms with Crippen molar-refractivity contribution in [3.63, 3.8) is 0 Å². The van der Waals surface area contributed by atoms with Crippen LogP contribution in [0.4, 0.5) is 0 Å². The van der Waals surface area contributed by atoms with E-state index in [-0.39, 0.29) is 17.6 Å². The summed E-state index contributed by atoms with van der Waals surface area (Å²) in [6.45, 7) is 0.625. The normalized spacial score (nSPS) is 20.0. The number of aromatic nitrogens is 1. The molecule has 1 unspecified atom stereocenters. The summed E-state index contributed by atoms with van der Waals surface area (Å²) in [5, 5.41) is 9.57. The van der Waals surface area contributed by atoms with Gasteiger partial charge in [-0.05, 0) is 24.5 Å². The topological polar surface area (TPSA) is 96.5 Å². The van der Waals surface area contributed by atoms with Crippen LogP contribution >= 0.6 is 23.5 Å². The van der Waals surface area contributed by atoms with Crippen LogP contribution in [0.3, 0.4) is 0 Å². The number of carbonyl (C=O) groups is 2. The number of fused-ring (bicyclic) bond motifs is 1. The van der Waals surface area contributed by atoms with Crippen molar-refractivity contribution in [1.29, 1.82) is 0 Å². The molecule has 3 rings (SSSR count). The molecule has 0 saturated carbocycles. The fourth-order valence-corrected chi connectivity index (χ4v) is 4.92. The molecule has 2 aliphatic rings. The van der Waals surface area contributed by atoms with Gasteiger partial charge in [-0.2, -0.15) is 11.8 Å². The van der Waals surface area contributed by atoms with Crippen LogP contribution in [0.5, 0.6) is 0 Å². The largest absolute Gasteiger partial charge is 0.477 e. The van der Waals surface area contributed by atoms with E-state index in [1.54, 1.807) is 18.0 Å². The van der Waals surface area contributed by atoms with Crippen LogP contribution in [0.2, 0.25) is 0 Å². The van der Waals surface area contributed by atoms with Crippen molar-refractivity contribution in [1.82, 2.24) is 9.88 Å². The van der Waals surface area contributed by atoms with Crippen LogP contribution in [0.25, 0.3) is 0 Å². The molecule has 0 aromatic carbocycles. The van der Waals surface area contributed by atoms with Crippen molar-refractivity contribution in [2.75, 3.05) is 12.3 Å². The molecule has 2 aliphatic heterocycles. The maximum atomic E-state index is 11.8. The molecule has 1 fully saturated rings. The predicted octanol–water partition coefficient (Wildman–Crippen LogP) is 2.06. The minimum Gasteiger partial charge on any atom is -0.477 e. The lowest BCUT2D eigenvalue weighted by atomic mass is 9.91. The zero-order valence-corrected chi connectivity index (χ0v) is 14.7. The van der Waals surface area contributed by atoms with Crippen LogP contribution in [-0.2, 0) is 15.3 Å². The molecular formula is C16H19N3O3S2. The third-order valence-electron chi connectivity index (χ3n) is 4.07. The van der Waals surface area contributed by atoms with Gasteiger partial charge in [0.15, 0.2) is 0 Å². The second-order valence-corrected chi connectivity index (χ2v) is 7.91. The highest BCUT2D eigenvalue weighted by atomic mass is 32.2. The molecule has 0 bridgehead atoms. The Morgan fingerprint density at radius 1 is 1.50 bits per heavy atom. The minimum absolute atomic E-state index is 0.0602. The van der Waals surface area contributed by atoms with E-state index in [1.165, 1.54) is 16.7 Å². The van der Waals surface area contributed by atoms with Gasteiger partial charge in [-0.3, -0.25) is 9.78 Å². The third kappa shape index (κ3) is 3.45. The van der Waals surface area contributed by atoms with Crippen LogP contribution in [-0.4, -0.2) is 45.2 Å². The van der Waals surface area contributed by atoms with E-state index in [0.717, 1.165) is 33.3 Å². The Morgan fingerprint density at radius 3 is 3.04 bits per heavy atom. The van der Waals surface area contributed by atoms with Crippen LogP contribution < -0.4 is 5.73 Å². The molecule has 128 valence electrons. The fourth-order valence-electron chi connectivity index (χ4n) is 2.91. The highest BCUT2D eigenvalue weighted by Crippen LogP contribution is 2.43. The minimum atomic E-state index is -1.02. The summed E-state index contributed by atoms with van der Waals surface area (Å²) < 4.78 is 0. The zero-order chi connectivity index (χ0) is 17.1. The first-order chi connectivity index (χ1) is 11.6. The van der Waals surface area contributed by atoms with E-state index in [2.05, 4.69) is 4.98 Å². The van der Waals surface area contributed by atoms with Gasteiger partial charge < -0.3 is 15.7 Å². The molecule has 1 aromatic rings. The molecule has 0 spiro atoms. The van der Waals surface area contributed by atoms with E-state index < -0.39 is 5.97 Å². The number of rotatable bonds is 7. The van der Waals surface area contributed by atoms with Gasteiger partial charge in [0.25, 0.3) is 0 Å². The number of hydrogen-bond donors (Lipinski definition) is 2. The first kappa shape index (κ1) is 17.3. The van der Waals surface area contributed by atoms with Crippen LogP contribution in [0.15, 0.2) is 34.0 Å². The van der Waals surface area contributed by atoms with Crippen molar-refractivity contribution in [2.24, 2.45) is 5.73 Å². The molecule has 0 radical (unpaired) electrons. The number of allylic oxidation sites excluding steroid dienone is 1. The molecule has 3 heterocycles. The Kier molecular flexibility index (Phi) is 5.47. The van der Waals surface area contributed by atoms with Gasteiger partial charge in [0, 0.05) is 52.7 Å². The summed E-state index contributed by atoms with van der Waals surface area (Å²) in [4.78, 5) is 30.9. The summed E-state index contributed by atoms with van der Waals surface area (Å²) in [6.07, 6.45) is 5.50. The number of carboxylic acids is 1. The molecule has 1 amide bonds. The molecule has 8 heteroatoms. The summed E-state index contributed by atoms with van der Waals surface area (Å²) in [7, 11) is 0. The second-order valence-electron chi connectivity index (χ2n) is 5.66. The maximum Gasteiger partial charge on any atom is 0.353 e. The van der Waals surface area contributed by atoms with E-state index in [0.29, 0.717) is 19.4 Å². The van der Waals surface area contributed by atoms with Crippen molar-refractivity contribution >= 4 is 35.4 Å². The number of hydrogen-bond acceptors (Lipinski definition) is 6. The van der Waals surface area contributed by atoms with Crippen LogP contribution in [0.1, 0.15) is 24.8 Å². The summed E-state index contributed by atoms with van der Waals surface area (Å²) in [6, 6.07) is 1.96.